The molecule has 4 rings (SSSR count). The summed E-state index contributed by atoms with van der Waals surface area (Å²) in [7, 11) is 0. The molecule has 3 heterocycles. The van der Waals surface area contributed by atoms with Crippen LogP contribution in [0.1, 0.15) is 47.1 Å². The summed E-state index contributed by atoms with van der Waals surface area (Å²) in [5.41, 5.74) is 2.66. The zero-order valence-electron chi connectivity index (χ0n) is 16.8. The first-order valence-electron chi connectivity index (χ1n) is 9.91. The Kier molecular flexibility index (Phi) is 7.08. The van der Waals surface area contributed by atoms with E-state index in [1.165, 1.54) is 0 Å². The van der Waals surface area contributed by atoms with E-state index in [4.69, 9.17) is 0 Å². The smallest absolute Gasteiger partial charge is 0.387 e. The van der Waals surface area contributed by atoms with Gasteiger partial charge in [-0.1, -0.05) is 12.1 Å². The van der Waals surface area contributed by atoms with Crippen molar-refractivity contribution in [2.75, 3.05) is 19.6 Å². The van der Waals surface area contributed by atoms with Crippen LogP contribution in [-0.2, 0) is 19.6 Å². The molecule has 0 aliphatic carbocycles. The summed E-state index contributed by atoms with van der Waals surface area (Å²) in [5.74, 6) is 2.93. The fourth-order valence-electron chi connectivity index (χ4n) is 4.43. The number of fused-ring (bicyclic) bond motifs is 1. The molecule has 2 aromatic rings. The van der Waals surface area contributed by atoms with Gasteiger partial charge in [-0.15, -0.1) is 22.6 Å². The highest BCUT2D eigenvalue weighted by molar-refractivity contribution is 5.85. The lowest BCUT2D eigenvalue weighted by molar-refractivity contribution is -0.0507. The average molecular weight is 428 g/mol. The Bertz CT molecular complexity index is 813. The summed E-state index contributed by atoms with van der Waals surface area (Å²) >= 11 is 0. The molecule has 0 bridgehead atoms. The number of nitrogens with zero attached hydrogens (tertiary/aromatic N) is 4. The lowest BCUT2D eigenvalue weighted by atomic mass is 9.95. The van der Waals surface area contributed by atoms with E-state index in [9.17, 15) is 8.78 Å². The molecule has 1 aromatic carbocycles. The van der Waals surface area contributed by atoms with Gasteiger partial charge in [0.1, 0.15) is 17.4 Å². The summed E-state index contributed by atoms with van der Waals surface area (Å²) in [5, 5.41) is 12.1. The lowest BCUT2D eigenvalue weighted by Gasteiger charge is -2.32. The molecule has 0 unspecified atom stereocenters. The van der Waals surface area contributed by atoms with Gasteiger partial charge in [0.05, 0.1) is 6.54 Å². The number of aryl methyl sites for hydroxylation is 2. The molecule has 0 saturated carbocycles. The van der Waals surface area contributed by atoms with Crippen LogP contribution in [0.4, 0.5) is 8.78 Å². The number of nitrogens with one attached hydrogen (secondary N) is 1. The molecule has 0 radical (unpaired) electrons. The molecular weight excluding hydrogens is 400 g/mol. The van der Waals surface area contributed by atoms with Gasteiger partial charge < -0.3 is 14.6 Å². The number of aromatic nitrogens is 3. The average Bonchev–Trinajstić information content (AvgIpc) is 3.09. The van der Waals surface area contributed by atoms with Gasteiger partial charge in [0.2, 0.25) is 0 Å². The summed E-state index contributed by atoms with van der Waals surface area (Å²) in [6.45, 7) is 6.40. The SMILES string of the molecule is Cc1cc(CN2CCC(c3nnc4n3CCNC4)CC2)cc(C)c1OC(F)F.Cl. The van der Waals surface area contributed by atoms with Gasteiger partial charge in [-0.05, 0) is 56.5 Å². The van der Waals surface area contributed by atoms with E-state index in [1.54, 1.807) is 0 Å². The second-order valence-corrected chi connectivity index (χ2v) is 7.79. The third-order valence-corrected chi connectivity index (χ3v) is 5.74. The number of alkyl halides is 2. The quantitative estimate of drug-likeness (QED) is 0.792. The van der Waals surface area contributed by atoms with Crippen LogP contribution in [0.2, 0.25) is 0 Å². The molecular formula is C20H28ClF2N5O. The molecule has 1 fully saturated rings. The molecule has 0 atom stereocenters. The van der Waals surface area contributed by atoms with Crippen LogP contribution in [-0.4, -0.2) is 45.9 Å². The minimum absolute atomic E-state index is 0. The molecule has 160 valence electrons. The van der Waals surface area contributed by atoms with Crippen LogP contribution in [0.15, 0.2) is 12.1 Å². The minimum Gasteiger partial charge on any atom is -0.434 e. The van der Waals surface area contributed by atoms with Crippen LogP contribution >= 0.6 is 12.4 Å². The van der Waals surface area contributed by atoms with Gasteiger partial charge in [0.15, 0.2) is 0 Å². The fourth-order valence-corrected chi connectivity index (χ4v) is 4.43. The summed E-state index contributed by atoms with van der Waals surface area (Å²) in [6.07, 6.45) is 2.13. The van der Waals surface area contributed by atoms with Gasteiger partial charge in [0, 0.05) is 25.6 Å². The zero-order valence-corrected chi connectivity index (χ0v) is 17.6. The number of likely N-dealkylation sites (tertiary alicyclic amines) is 1. The van der Waals surface area contributed by atoms with Gasteiger partial charge in [-0.2, -0.15) is 8.78 Å². The Balaban J connectivity index is 0.00000240. The Morgan fingerprint density at radius 3 is 2.48 bits per heavy atom. The molecule has 1 saturated heterocycles. The largest absolute Gasteiger partial charge is 0.434 e. The minimum atomic E-state index is -2.79. The number of hydrogen-bond donors (Lipinski definition) is 1. The third kappa shape index (κ3) is 4.87. The zero-order chi connectivity index (χ0) is 19.7. The molecule has 0 amide bonds. The first-order valence-corrected chi connectivity index (χ1v) is 9.91. The van der Waals surface area contributed by atoms with E-state index < -0.39 is 6.61 Å². The van der Waals surface area contributed by atoms with Crippen molar-refractivity contribution in [1.29, 1.82) is 0 Å². The van der Waals surface area contributed by atoms with Crippen molar-refractivity contribution in [3.8, 4) is 5.75 Å². The van der Waals surface area contributed by atoms with Crippen LogP contribution in [0.25, 0.3) is 0 Å². The van der Waals surface area contributed by atoms with Crippen molar-refractivity contribution in [3.05, 3.63) is 40.5 Å². The lowest BCUT2D eigenvalue weighted by Crippen LogP contribution is -2.34. The number of halogens is 3. The molecule has 2 aliphatic rings. The van der Waals surface area contributed by atoms with Crippen molar-refractivity contribution in [2.45, 2.75) is 58.9 Å². The van der Waals surface area contributed by atoms with E-state index in [0.717, 1.165) is 80.4 Å². The standard InChI is InChI=1S/C20H27F2N5O.ClH/c1-13-9-15(10-14(2)18(13)28-20(21)22)12-26-6-3-16(4-7-26)19-25-24-17-11-23-5-8-27(17)19;/h9-10,16,20,23H,3-8,11-12H2,1-2H3;1H. The topological polar surface area (TPSA) is 55.2 Å². The van der Waals surface area contributed by atoms with Crippen LogP contribution in [0.3, 0.4) is 0 Å². The van der Waals surface area contributed by atoms with E-state index in [1.807, 2.05) is 26.0 Å². The van der Waals surface area contributed by atoms with Crippen LogP contribution in [0, 0.1) is 13.8 Å². The molecule has 2 aliphatic heterocycles. The monoisotopic (exact) mass is 427 g/mol. The van der Waals surface area contributed by atoms with E-state index in [-0.39, 0.29) is 12.4 Å². The second kappa shape index (κ2) is 9.36. The second-order valence-electron chi connectivity index (χ2n) is 7.79. The van der Waals surface area contributed by atoms with Crippen molar-refractivity contribution in [3.63, 3.8) is 0 Å². The Morgan fingerprint density at radius 1 is 1.14 bits per heavy atom. The van der Waals surface area contributed by atoms with E-state index in [0.29, 0.717) is 11.7 Å². The number of rotatable bonds is 5. The van der Waals surface area contributed by atoms with E-state index >= 15 is 0 Å². The van der Waals surface area contributed by atoms with Gasteiger partial charge in [0.25, 0.3) is 0 Å². The molecule has 6 nitrogen and oxygen atoms in total. The predicted molar refractivity (Wildman–Crippen MR) is 109 cm³/mol. The van der Waals surface area contributed by atoms with Crippen molar-refractivity contribution >= 4 is 12.4 Å². The molecule has 1 N–H and O–H groups in total. The van der Waals surface area contributed by atoms with Crippen LogP contribution in [0.5, 0.6) is 5.75 Å². The number of benzene rings is 1. The van der Waals surface area contributed by atoms with Crippen LogP contribution < -0.4 is 10.1 Å². The summed E-state index contributed by atoms with van der Waals surface area (Å²) in [6, 6.07) is 3.91. The first kappa shape index (κ1) is 21.9. The number of piperidine rings is 1. The van der Waals surface area contributed by atoms with Gasteiger partial charge in [-0.3, -0.25) is 4.90 Å². The highest BCUT2D eigenvalue weighted by Gasteiger charge is 2.27. The molecule has 1 aromatic heterocycles. The van der Waals surface area contributed by atoms with Gasteiger partial charge >= 0.3 is 6.61 Å². The number of hydrogen-bond acceptors (Lipinski definition) is 5. The summed E-state index contributed by atoms with van der Waals surface area (Å²) in [4.78, 5) is 2.42. The maximum atomic E-state index is 12.6. The Labute approximate surface area is 176 Å². The maximum Gasteiger partial charge on any atom is 0.387 e. The highest BCUT2D eigenvalue weighted by atomic mass is 35.5. The van der Waals surface area contributed by atoms with Crippen molar-refractivity contribution in [2.24, 2.45) is 0 Å². The fraction of sp³-hybridized carbons (Fsp3) is 0.600. The third-order valence-electron chi connectivity index (χ3n) is 5.74. The van der Waals surface area contributed by atoms with Crippen molar-refractivity contribution in [1.82, 2.24) is 25.0 Å². The molecule has 9 heteroatoms. The van der Waals surface area contributed by atoms with Crippen molar-refractivity contribution < 1.29 is 13.5 Å². The molecule has 29 heavy (non-hydrogen) atoms. The van der Waals surface area contributed by atoms with Gasteiger partial charge in [-0.25, -0.2) is 0 Å². The maximum absolute atomic E-state index is 12.6. The number of ether oxygens (including phenoxy) is 1. The highest BCUT2D eigenvalue weighted by Crippen LogP contribution is 2.30. The predicted octanol–water partition coefficient (Wildman–Crippen LogP) is 3.40. The normalized spacial score (nSPS) is 17.8. The Hall–Kier alpha value is -1.77. The Morgan fingerprint density at radius 2 is 1.83 bits per heavy atom. The molecule has 0 spiro atoms. The first-order chi connectivity index (χ1) is 13.5. The van der Waals surface area contributed by atoms with E-state index in [2.05, 4.69) is 29.7 Å². The summed E-state index contributed by atoms with van der Waals surface area (Å²) < 4.78 is 32.1.